The van der Waals surface area contributed by atoms with E-state index in [9.17, 15) is 40.8 Å². The third kappa shape index (κ3) is 7.86. The van der Waals surface area contributed by atoms with Crippen LogP contribution in [0.25, 0.3) is 22.3 Å². The van der Waals surface area contributed by atoms with Gasteiger partial charge < -0.3 is 24.5 Å². The van der Waals surface area contributed by atoms with Gasteiger partial charge in [-0.25, -0.2) is 17.5 Å². The molecule has 0 saturated heterocycles. The number of hydrogen-bond acceptors (Lipinski definition) is 7. The molecule has 4 N–H and O–H groups in total. The zero-order valence-corrected chi connectivity index (χ0v) is 27.4. The molecular weight excluding hydrogens is 679 g/mol. The van der Waals surface area contributed by atoms with Crippen LogP contribution >= 0.6 is 0 Å². The molecule has 4 aromatic carbocycles. The summed E-state index contributed by atoms with van der Waals surface area (Å²) in [5.74, 6) is 0.266. The van der Waals surface area contributed by atoms with Crippen molar-refractivity contribution in [2.75, 3.05) is 12.8 Å². The lowest BCUT2D eigenvalue weighted by molar-refractivity contribution is -0.136. The molecule has 1 saturated carbocycles. The maximum atomic E-state index is 13.5. The molecule has 15 heteroatoms. The summed E-state index contributed by atoms with van der Waals surface area (Å²) in [6.45, 7) is -0.438. The van der Waals surface area contributed by atoms with Crippen LogP contribution in [0.2, 0.25) is 0 Å². The third-order valence-corrected chi connectivity index (χ3v) is 9.75. The van der Waals surface area contributed by atoms with Crippen molar-refractivity contribution in [1.82, 2.24) is 10.0 Å². The molecule has 0 atom stereocenters. The predicted octanol–water partition coefficient (Wildman–Crippen LogP) is 5.63. The molecule has 50 heavy (non-hydrogen) atoms. The molecule has 1 aliphatic rings. The topological polar surface area (TPSA) is 138 Å². The molecule has 0 unspecified atom stereocenters. The van der Waals surface area contributed by atoms with E-state index in [1.165, 1.54) is 37.4 Å². The van der Waals surface area contributed by atoms with Crippen LogP contribution < -0.4 is 20.2 Å². The van der Waals surface area contributed by atoms with Crippen molar-refractivity contribution >= 4 is 39.5 Å². The first kappa shape index (κ1) is 35.1. The van der Waals surface area contributed by atoms with Gasteiger partial charge in [0.25, 0.3) is 5.91 Å². The Morgan fingerprint density at radius 3 is 2.24 bits per heavy atom. The molecule has 9 nitrogen and oxygen atoms in total. The molecule has 1 amide bonds. The molecule has 0 radical (unpaired) electrons. The van der Waals surface area contributed by atoms with E-state index in [1.807, 2.05) is 6.07 Å². The monoisotopic (exact) mass is 710 g/mol. The van der Waals surface area contributed by atoms with Gasteiger partial charge in [-0.15, -0.1) is 0 Å². The second kappa shape index (κ2) is 13.9. The van der Waals surface area contributed by atoms with Gasteiger partial charge in [-0.05, 0) is 114 Å². The number of fused-ring (bicyclic) bond motifs is 1. The Kier molecular flexibility index (Phi) is 9.77. The Hall–Kier alpha value is -4.70. The SMILES string of the molecule is CNC(=O)c1c(-c2ccc(Oc3ccc(F)cc3)cc2)oc2cc(CCS(=O)(=O)NCc3ccc(B(O)O)c(C(F)(F)F)c3)c(C3CC3)cc12. The third-order valence-electron chi connectivity index (χ3n) is 8.42. The minimum Gasteiger partial charge on any atom is -0.457 e. The standard InChI is InChI=1S/C35H31BF4N2O7S/c1-41-34(43)32-28-18-27(21-3-4-21)23(14-15-50(46,47)42-19-20-2-13-30(36(44)45)29(16-20)35(38,39)40)17-31(28)49-33(32)22-5-9-25(10-6-22)48-26-11-7-24(37)8-12-26/h2,5-13,16-18,21,42,44-45H,3-4,14-15,19H2,1H3,(H,41,43). The Morgan fingerprint density at radius 2 is 1.64 bits per heavy atom. The number of carbonyl (C=O) groups is 1. The summed E-state index contributed by atoms with van der Waals surface area (Å²) in [6.07, 6.45) is -3.03. The highest BCUT2D eigenvalue weighted by molar-refractivity contribution is 7.89. The van der Waals surface area contributed by atoms with E-state index >= 15 is 0 Å². The number of aryl methyl sites for hydroxylation is 1. The maximum absolute atomic E-state index is 13.5. The van der Waals surface area contributed by atoms with Gasteiger partial charge in [-0.3, -0.25) is 4.79 Å². The van der Waals surface area contributed by atoms with Crippen LogP contribution in [0.1, 0.15) is 51.4 Å². The Morgan fingerprint density at radius 1 is 0.980 bits per heavy atom. The van der Waals surface area contributed by atoms with Gasteiger partial charge in [0.15, 0.2) is 0 Å². The van der Waals surface area contributed by atoms with Crippen LogP contribution in [0.4, 0.5) is 17.6 Å². The molecule has 5 aromatic rings. The Labute approximate surface area is 285 Å². The van der Waals surface area contributed by atoms with Crippen LogP contribution in [0, 0.1) is 5.82 Å². The number of carbonyl (C=O) groups excluding carboxylic acids is 1. The lowest BCUT2D eigenvalue weighted by atomic mass is 9.76. The Bertz CT molecular complexity index is 2150. The van der Waals surface area contributed by atoms with E-state index in [0.29, 0.717) is 51.0 Å². The van der Waals surface area contributed by atoms with E-state index in [1.54, 1.807) is 30.3 Å². The normalized spacial score (nSPS) is 13.4. The van der Waals surface area contributed by atoms with Gasteiger partial charge in [0.1, 0.15) is 28.7 Å². The number of nitrogens with one attached hydrogen (secondary N) is 2. The second-order valence-electron chi connectivity index (χ2n) is 12.0. The average Bonchev–Trinajstić information content (AvgIpc) is 3.86. The molecule has 0 spiro atoms. The van der Waals surface area contributed by atoms with Crippen LogP contribution in [-0.4, -0.2) is 44.3 Å². The van der Waals surface area contributed by atoms with Crippen molar-refractivity contribution in [2.45, 2.75) is 37.9 Å². The van der Waals surface area contributed by atoms with E-state index in [-0.39, 0.29) is 35.4 Å². The van der Waals surface area contributed by atoms with Crippen molar-refractivity contribution in [3.05, 3.63) is 112 Å². The minimum atomic E-state index is -4.88. The van der Waals surface area contributed by atoms with Gasteiger partial charge in [0.05, 0.1) is 16.9 Å². The minimum absolute atomic E-state index is 0.00900. The zero-order valence-electron chi connectivity index (χ0n) is 26.6. The first-order chi connectivity index (χ1) is 23.7. The summed E-state index contributed by atoms with van der Waals surface area (Å²) in [4.78, 5) is 13.2. The number of ether oxygens (including phenoxy) is 1. The summed E-state index contributed by atoms with van der Waals surface area (Å²) in [6, 6.07) is 18.8. The molecule has 1 aromatic heterocycles. The van der Waals surface area contributed by atoms with Gasteiger partial charge >= 0.3 is 13.3 Å². The quantitative estimate of drug-likeness (QED) is 0.0974. The highest BCUT2D eigenvalue weighted by atomic mass is 32.2. The number of benzene rings is 4. The fourth-order valence-electron chi connectivity index (χ4n) is 5.75. The number of rotatable bonds is 12. The predicted molar refractivity (Wildman–Crippen MR) is 179 cm³/mol. The lowest BCUT2D eigenvalue weighted by Crippen LogP contribution is -2.36. The Balaban J connectivity index is 1.24. The van der Waals surface area contributed by atoms with Crippen molar-refractivity contribution in [3.63, 3.8) is 0 Å². The van der Waals surface area contributed by atoms with Crippen molar-refractivity contribution in [3.8, 4) is 22.8 Å². The van der Waals surface area contributed by atoms with Crippen LogP contribution in [0.5, 0.6) is 11.5 Å². The fourth-order valence-corrected chi connectivity index (χ4v) is 6.77. The molecule has 6 rings (SSSR count). The van der Waals surface area contributed by atoms with Crippen LogP contribution in [0.3, 0.4) is 0 Å². The number of sulfonamides is 1. The molecule has 1 heterocycles. The van der Waals surface area contributed by atoms with E-state index in [4.69, 9.17) is 9.15 Å². The van der Waals surface area contributed by atoms with Crippen molar-refractivity contribution < 1.29 is 50.0 Å². The average molecular weight is 711 g/mol. The zero-order chi connectivity index (χ0) is 35.8. The largest absolute Gasteiger partial charge is 0.489 e. The molecule has 1 fully saturated rings. The highest BCUT2D eigenvalue weighted by Crippen LogP contribution is 2.45. The summed E-state index contributed by atoms with van der Waals surface area (Å²) < 4.78 is 94.1. The van der Waals surface area contributed by atoms with E-state index < -0.39 is 40.9 Å². The summed E-state index contributed by atoms with van der Waals surface area (Å²) in [5, 5.41) is 21.8. The maximum Gasteiger partial charge on any atom is 0.489 e. The van der Waals surface area contributed by atoms with Gasteiger partial charge in [-0.1, -0.05) is 12.1 Å². The fraction of sp³-hybridized carbons (Fsp3) is 0.229. The van der Waals surface area contributed by atoms with E-state index in [2.05, 4.69) is 10.0 Å². The number of halogens is 4. The number of amides is 1. The lowest BCUT2D eigenvalue weighted by Gasteiger charge is -2.15. The molecule has 260 valence electrons. The van der Waals surface area contributed by atoms with Gasteiger partial charge in [0.2, 0.25) is 10.0 Å². The number of hydrogen-bond donors (Lipinski definition) is 4. The van der Waals surface area contributed by atoms with Gasteiger partial charge in [0, 0.05) is 24.5 Å². The summed E-state index contributed by atoms with van der Waals surface area (Å²) in [7, 11) is -4.81. The molecular formula is C35H31BF4N2O7S. The first-order valence-corrected chi connectivity index (χ1v) is 17.3. The molecule has 0 aliphatic heterocycles. The van der Waals surface area contributed by atoms with Crippen LogP contribution in [0.15, 0.2) is 83.3 Å². The van der Waals surface area contributed by atoms with Gasteiger partial charge in [-0.2, -0.15) is 13.2 Å². The highest BCUT2D eigenvalue weighted by Gasteiger charge is 2.36. The van der Waals surface area contributed by atoms with Crippen molar-refractivity contribution in [1.29, 1.82) is 0 Å². The summed E-state index contributed by atoms with van der Waals surface area (Å²) >= 11 is 0. The first-order valence-electron chi connectivity index (χ1n) is 15.6. The molecule has 0 bridgehead atoms. The van der Waals surface area contributed by atoms with Crippen LogP contribution in [-0.2, 0) is 29.2 Å². The van der Waals surface area contributed by atoms with E-state index in [0.717, 1.165) is 24.5 Å². The number of alkyl halides is 3. The smallest absolute Gasteiger partial charge is 0.457 e. The second-order valence-corrected chi connectivity index (χ2v) is 13.9. The molecule has 1 aliphatic carbocycles. The van der Waals surface area contributed by atoms with Crippen molar-refractivity contribution in [2.24, 2.45) is 0 Å². The summed E-state index contributed by atoms with van der Waals surface area (Å²) in [5.41, 5.74) is 0.860. The number of furan rings is 1.